The second-order valence-electron chi connectivity index (χ2n) is 2.61. The first kappa shape index (κ1) is 8.12. The standard InChI is InChI=1S/C8H7N3OS/c1-11-3-6(2-10-11)8(12)7-4-13-5-9-7/h2-5H,1H3. The van der Waals surface area contributed by atoms with Gasteiger partial charge in [0.25, 0.3) is 0 Å². The molecule has 5 heteroatoms. The maximum atomic E-state index is 11.6. The lowest BCUT2D eigenvalue weighted by Crippen LogP contribution is -1.99. The highest BCUT2D eigenvalue weighted by atomic mass is 32.1. The molecule has 2 rings (SSSR count). The molecule has 0 N–H and O–H groups in total. The zero-order chi connectivity index (χ0) is 9.26. The van der Waals surface area contributed by atoms with Crippen LogP contribution in [0, 0.1) is 0 Å². The van der Waals surface area contributed by atoms with E-state index in [2.05, 4.69) is 10.1 Å². The van der Waals surface area contributed by atoms with Crippen molar-refractivity contribution in [3.8, 4) is 0 Å². The summed E-state index contributed by atoms with van der Waals surface area (Å²) in [6.07, 6.45) is 3.23. The van der Waals surface area contributed by atoms with Gasteiger partial charge in [0.2, 0.25) is 5.78 Å². The molecule has 2 heterocycles. The third-order valence-electron chi connectivity index (χ3n) is 1.63. The topological polar surface area (TPSA) is 47.8 Å². The molecular formula is C8H7N3OS. The van der Waals surface area contributed by atoms with Gasteiger partial charge in [-0.15, -0.1) is 11.3 Å². The van der Waals surface area contributed by atoms with E-state index in [4.69, 9.17) is 0 Å². The minimum absolute atomic E-state index is 0.0747. The summed E-state index contributed by atoms with van der Waals surface area (Å²) < 4.78 is 1.60. The van der Waals surface area contributed by atoms with Gasteiger partial charge in [0.15, 0.2) is 0 Å². The zero-order valence-electron chi connectivity index (χ0n) is 6.97. The summed E-state index contributed by atoms with van der Waals surface area (Å²) in [6, 6.07) is 0. The first-order chi connectivity index (χ1) is 6.27. The van der Waals surface area contributed by atoms with Crippen molar-refractivity contribution in [1.29, 1.82) is 0 Å². The highest BCUT2D eigenvalue weighted by Gasteiger charge is 2.11. The van der Waals surface area contributed by atoms with Crippen molar-refractivity contribution in [1.82, 2.24) is 14.8 Å². The van der Waals surface area contributed by atoms with Gasteiger partial charge in [0, 0.05) is 18.6 Å². The SMILES string of the molecule is Cn1cc(C(=O)c2cscn2)cn1. The number of ketones is 1. The largest absolute Gasteiger partial charge is 0.287 e. The van der Waals surface area contributed by atoms with Crippen LogP contribution in [0.25, 0.3) is 0 Å². The molecule has 0 saturated carbocycles. The second kappa shape index (κ2) is 3.10. The summed E-state index contributed by atoms with van der Waals surface area (Å²) >= 11 is 1.41. The molecule has 0 amide bonds. The van der Waals surface area contributed by atoms with E-state index in [1.165, 1.54) is 11.3 Å². The molecule has 66 valence electrons. The summed E-state index contributed by atoms with van der Waals surface area (Å²) in [5, 5.41) is 5.65. The van der Waals surface area contributed by atoms with E-state index in [9.17, 15) is 4.79 Å². The molecule has 2 aromatic heterocycles. The fourth-order valence-corrected chi connectivity index (χ4v) is 1.54. The summed E-state index contributed by atoms with van der Waals surface area (Å²) in [4.78, 5) is 15.5. The molecule has 0 spiro atoms. The van der Waals surface area contributed by atoms with E-state index in [1.54, 1.807) is 35.0 Å². The van der Waals surface area contributed by atoms with Gasteiger partial charge in [-0.3, -0.25) is 9.48 Å². The molecule has 4 nitrogen and oxygen atoms in total. The molecule has 0 atom stereocenters. The molecule has 0 aliphatic carbocycles. The van der Waals surface area contributed by atoms with Gasteiger partial charge in [-0.05, 0) is 0 Å². The van der Waals surface area contributed by atoms with Crippen molar-refractivity contribution < 1.29 is 4.79 Å². The van der Waals surface area contributed by atoms with Crippen LogP contribution in [0.3, 0.4) is 0 Å². The quantitative estimate of drug-likeness (QED) is 0.671. The van der Waals surface area contributed by atoms with Crippen LogP contribution in [0.15, 0.2) is 23.3 Å². The van der Waals surface area contributed by atoms with Gasteiger partial charge in [-0.25, -0.2) is 4.98 Å². The van der Waals surface area contributed by atoms with E-state index in [-0.39, 0.29) is 5.78 Å². The maximum absolute atomic E-state index is 11.6. The van der Waals surface area contributed by atoms with Crippen molar-refractivity contribution in [2.24, 2.45) is 7.05 Å². The molecule has 0 aromatic carbocycles. The van der Waals surface area contributed by atoms with Crippen LogP contribution in [-0.4, -0.2) is 20.5 Å². The predicted octanol–water partition coefficient (Wildman–Crippen LogP) is 1.11. The van der Waals surface area contributed by atoms with Crippen LogP contribution in [-0.2, 0) is 7.05 Å². The van der Waals surface area contributed by atoms with E-state index in [0.29, 0.717) is 11.3 Å². The normalized spacial score (nSPS) is 10.2. The van der Waals surface area contributed by atoms with E-state index in [1.807, 2.05) is 0 Å². The molecule has 0 bridgehead atoms. The number of rotatable bonds is 2. The van der Waals surface area contributed by atoms with Crippen molar-refractivity contribution in [2.75, 3.05) is 0 Å². The highest BCUT2D eigenvalue weighted by Crippen LogP contribution is 2.08. The highest BCUT2D eigenvalue weighted by molar-refractivity contribution is 7.07. The number of hydrogen-bond donors (Lipinski definition) is 0. The summed E-state index contributed by atoms with van der Waals surface area (Å²) in [6.45, 7) is 0. The Morgan fingerprint density at radius 1 is 1.62 bits per heavy atom. The van der Waals surface area contributed by atoms with Gasteiger partial charge >= 0.3 is 0 Å². The monoisotopic (exact) mass is 193 g/mol. The van der Waals surface area contributed by atoms with Crippen LogP contribution < -0.4 is 0 Å². The van der Waals surface area contributed by atoms with Gasteiger partial charge in [0.1, 0.15) is 5.69 Å². The third-order valence-corrected chi connectivity index (χ3v) is 2.22. The third kappa shape index (κ3) is 1.50. The number of thiazole rings is 1. The molecule has 2 aromatic rings. The number of hydrogen-bond acceptors (Lipinski definition) is 4. The minimum Gasteiger partial charge on any atom is -0.287 e. The fraction of sp³-hybridized carbons (Fsp3) is 0.125. The molecule has 0 aliphatic rings. The number of aryl methyl sites for hydroxylation is 1. The predicted molar refractivity (Wildman–Crippen MR) is 48.8 cm³/mol. The number of aromatic nitrogens is 3. The molecule has 0 saturated heterocycles. The number of nitrogens with zero attached hydrogens (tertiary/aromatic N) is 3. The summed E-state index contributed by atoms with van der Waals surface area (Å²) in [5.41, 5.74) is 2.70. The molecule has 0 unspecified atom stereocenters. The number of carbonyl (C=O) groups excluding carboxylic acids is 1. The lowest BCUT2D eigenvalue weighted by atomic mass is 10.2. The smallest absolute Gasteiger partial charge is 0.215 e. The Morgan fingerprint density at radius 2 is 2.46 bits per heavy atom. The van der Waals surface area contributed by atoms with Crippen LogP contribution in [0.1, 0.15) is 16.1 Å². The van der Waals surface area contributed by atoms with Crippen molar-refractivity contribution in [3.63, 3.8) is 0 Å². The van der Waals surface area contributed by atoms with Crippen molar-refractivity contribution in [3.05, 3.63) is 34.5 Å². The zero-order valence-corrected chi connectivity index (χ0v) is 7.78. The van der Waals surface area contributed by atoms with Crippen LogP contribution in [0.2, 0.25) is 0 Å². The Balaban J connectivity index is 2.33. The average molecular weight is 193 g/mol. The van der Waals surface area contributed by atoms with Crippen LogP contribution in [0.4, 0.5) is 0 Å². The molecule has 0 fully saturated rings. The van der Waals surface area contributed by atoms with Crippen molar-refractivity contribution >= 4 is 17.1 Å². The van der Waals surface area contributed by atoms with Gasteiger partial charge < -0.3 is 0 Å². The first-order valence-electron chi connectivity index (χ1n) is 3.69. The second-order valence-corrected chi connectivity index (χ2v) is 3.32. The van der Waals surface area contributed by atoms with Gasteiger partial charge in [0.05, 0.1) is 17.3 Å². The van der Waals surface area contributed by atoms with Crippen LogP contribution >= 0.6 is 11.3 Å². The van der Waals surface area contributed by atoms with E-state index >= 15 is 0 Å². The summed E-state index contributed by atoms with van der Waals surface area (Å²) in [7, 11) is 1.78. The Bertz CT molecular complexity index is 418. The first-order valence-corrected chi connectivity index (χ1v) is 4.63. The molecule has 0 aliphatic heterocycles. The lowest BCUT2D eigenvalue weighted by molar-refractivity contribution is 0.103. The fourth-order valence-electron chi connectivity index (χ4n) is 1.01. The summed E-state index contributed by atoms with van der Waals surface area (Å²) in [5.74, 6) is -0.0747. The van der Waals surface area contributed by atoms with Gasteiger partial charge in [-0.1, -0.05) is 0 Å². The van der Waals surface area contributed by atoms with Crippen molar-refractivity contribution in [2.45, 2.75) is 0 Å². The van der Waals surface area contributed by atoms with Crippen LogP contribution in [0.5, 0.6) is 0 Å². The Hall–Kier alpha value is -1.49. The molecular weight excluding hydrogens is 186 g/mol. The van der Waals surface area contributed by atoms with Gasteiger partial charge in [-0.2, -0.15) is 5.10 Å². The number of carbonyl (C=O) groups is 1. The Morgan fingerprint density at radius 3 is 3.00 bits per heavy atom. The van der Waals surface area contributed by atoms with E-state index in [0.717, 1.165) is 0 Å². The molecule has 13 heavy (non-hydrogen) atoms. The maximum Gasteiger partial charge on any atom is 0.215 e. The molecule has 0 radical (unpaired) electrons. The minimum atomic E-state index is -0.0747. The Kier molecular flexibility index (Phi) is 1.94. The Labute approximate surface area is 78.8 Å². The lowest BCUT2D eigenvalue weighted by Gasteiger charge is -1.89. The van der Waals surface area contributed by atoms with E-state index < -0.39 is 0 Å². The average Bonchev–Trinajstić information content (AvgIpc) is 2.72.